The van der Waals surface area contributed by atoms with Crippen molar-refractivity contribution in [3.63, 3.8) is 0 Å². The van der Waals surface area contributed by atoms with Gasteiger partial charge in [-0.1, -0.05) is 0 Å². The molecule has 0 radical (unpaired) electrons. The van der Waals surface area contributed by atoms with E-state index < -0.39 is 0 Å². The Balaban J connectivity index is 1.75. The fourth-order valence-electron chi connectivity index (χ4n) is 3.41. The van der Waals surface area contributed by atoms with Crippen molar-refractivity contribution >= 4 is 5.96 Å². The highest BCUT2D eigenvalue weighted by Crippen LogP contribution is 2.35. The molecule has 0 spiro atoms. The molecule has 7 nitrogen and oxygen atoms in total. The van der Waals surface area contributed by atoms with Crippen LogP contribution in [0.15, 0.2) is 35.3 Å². The predicted molar refractivity (Wildman–Crippen MR) is 118 cm³/mol. The standard InChI is InChI=1S/C23H31N3O4/c1-5-24-23(25-13-17-10-19(28-4)7-8-20(17)27)26-14-18-12-22-16(9-15(3)30-22)11-21(18)29-6-2/h7-8,10-12,15,27H,5-6,9,13-14H2,1-4H3,(H2,24,25,26). The lowest BCUT2D eigenvalue weighted by Crippen LogP contribution is -2.36. The Hall–Kier alpha value is -3.09. The van der Waals surface area contributed by atoms with E-state index in [0.717, 1.165) is 35.6 Å². The third-order valence-corrected chi connectivity index (χ3v) is 4.86. The van der Waals surface area contributed by atoms with Gasteiger partial charge in [0.2, 0.25) is 0 Å². The SMILES string of the molecule is CCNC(=NCc1cc2c(cc1OCC)CC(C)O2)NCc1cc(OC)ccc1O. The zero-order valence-corrected chi connectivity index (χ0v) is 18.1. The quantitative estimate of drug-likeness (QED) is 0.455. The average molecular weight is 414 g/mol. The Labute approximate surface area is 178 Å². The number of benzene rings is 2. The summed E-state index contributed by atoms with van der Waals surface area (Å²) in [6.45, 7) is 8.23. The summed E-state index contributed by atoms with van der Waals surface area (Å²) in [6.07, 6.45) is 1.08. The summed E-state index contributed by atoms with van der Waals surface area (Å²) < 4.78 is 17.0. The number of hydrogen-bond donors (Lipinski definition) is 3. The first-order valence-electron chi connectivity index (χ1n) is 10.4. The molecule has 0 bridgehead atoms. The van der Waals surface area contributed by atoms with Crippen molar-refractivity contribution in [3.05, 3.63) is 47.0 Å². The van der Waals surface area contributed by atoms with E-state index in [9.17, 15) is 5.11 Å². The van der Waals surface area contributed by atoms with Crippen LogP contribution in [0, 0.1) is 0 Å². The predicted octanol–water partition coefficient (Wildman–Crippen LogP) is 3.38. The molecule has 1 aliphatic heterocycles. The smallest absolute Gasteiger partial charge is 0.191 e. The number of hydrogen-bond acceptors (Lipinski definition) is 5. The van der Waals surface area contributed by atoms with E-state index in [-0.39, 0.29) is 11.9 Å². The van der Waals surface area contributed by atoms with Crippen LogP contribution in [0.1, 0.15) is 37.5 Å². The van der Waals surface area contributed by atoms with Crippen molar-refractivity contribution in [2.45, 2.75) is 46.4 Å². The van der Waals surface area contributed by atoms with Crippen molar-refractivity contribution < 1.29 is 19.3 Å². The van der Waals surface area contributed by atoms with Gasteiger partial charge in [-0.05, 0) is 51.1 Å². The van der Waals surface area contributed by atoms with Gasteiger partial charge in [0, 0.05) is 36.2 Å². The highest BCUT2D eigenvalue weighted by molar-refractivity contribution is 5.79. The number of nitrogens with one attached hydrogen (secondary N) is 2. The summed E-state index contributed by atoms with van der Waals surface area (Å²) >= 11 is 0. The minimum absolute atomic E-state index is 0.183. The molecule has 2 aromatic rings. The summed E-state index contributed by atoms with van der Waals surface area (Å²) in [4.78, 5) is 4.70. The summed E-state index contributed by atoms with van der Waals surface area (Å²) in [5.74, 6) is 3.31. The van der Waals surface area contributed by atoms with E-state index in [0.29, 0.717) is 31.4 Å². The number of rotatable bonds is 8. The Bertz CT molecular complexity index is 898. The minimum Gasteiger partial charge on any atom is -0.508 e. The molecule has 0 saturated heterocycles. The van der Waals surface area contributed by atoms with E-state index in [1.165, 1.54) is 5.56 Å². The molecule has 1 unspecified atom stereocenters. The molecule has 0 amide bonds. The highest BCUT2D eigenvalue weighted by atomic mass is 16.5. The number of aromatic hydroxyl groups is 1. The molecule has 1 atom stereocenters. The molecule has 3 N–H and O–H groups in total. The lowest BCUT2D eigenvalue weighted by atomic mass is 10.1. The zero-order chi connectivity index (χ0) is 21.5. The molecule has 1 heterocycles. The fraction of sp³-hybridized carbons (Fsp3) is 0.435. The number of fused-ring (bicyclic) bond motifs is 1. The first-order valence-corrected chi connectivity index (χ1v) is 10.4. The summed E-state index contributed by atoms with van der Waals surface area (Å²) in [5, 5.41) is 16.6. The van der Waals surface area contributed by atoms with E-state index in [1.54, 1.807) is 25.3 Å². The van der Waals surface area contributed by atoms with Crippen molar-refractivity contribution in [1.29, 1.82) is 0 Å². The van der Waals surface area contributed by atoms with Crippen LogP contribution < -0.4 is 24.8 Å². The van der Waals surface area contributed by atoms with Crippen molar-refractivity contribution in [3.8, 4) is 23.0 Å². The van der Waals surface area contributed by atoms with Crippen LogP contribution in [0.2, 0.25) is 0 Å². The van der Waals surface area contributed by atoms with Gasteiger partial charge >= 0.3 is 0 Å². The van der Waals surface area contributed by atoms with Crippen LogP contribution in [-0.4, -0.2) is 37.4 Å². The molecule has 0 aliphatic carbocycles. The largest absolute Gasteiger partial charge is 0.508 e. The van der Waals surface area contributed by atoms with E-state index in [1.807, 2.05) is 19.9 Å². The third kappa shape index (κ3) is 5.28. The first-order chi connectivity index (χ1) is 14.5. The maximum absolute atomic E-state index is 10.1. The van der Waals surface area contributed by atoms with Crippen LogP contribution >= 0.6 is 0 Å². The topological polar surface area (TPSA) is 84.3 Å². The second-order valence-electron chi connectivity index (χ2n) is 7.18. The van der Waals surface area contributed by atoms with E-state index >= 15 is 0 Å². The summed E-state index contributed by atoms with van der Waals surface area (Å²) in [5.41, 5.74) is 2.89. The number of aliphatic imine (C=N–C) groups is 1. The Morgan fingerprint density at radius 1 is 1.20 bits per heavy atom. The molecule has 2 aromatic carbocycles. The Kier molecular flexibility index (Phi) is 7.27. The van der Waals surface area contributed by atoms with Crippen LogP contribution in [-0.2, 0) is 19.5 Å². The molecule has 3 rings (SSSR count). The van der Waals surface area contributed by atoms with Crippen molar-refractivity contribution in [2.24, 2.45) is 4.99 Å². The second-order valence-corrected chi connectivity index (χ2v) is 7.18. The molecular formula is C23H31N3O4. The van der Waals surface area contributed by atoms with Crippen molar-refractivity contribution in [1.82, 2.24) is 10.6 Å². The van der Waals surface area contributed by atoms with Gasteiger partial charge in [-0.2, -0.15) is 0 Å². The second kappa shape index (κ2) is 10.1. The molecule has 1 aliphatic rings. The summed E-state index contributed by atoms with van der Waals surface area (Å²) in [7, 11) is 1.60. The number of ether oxygens (including phenoxy) is 3. The first kappa shape index (κ1) is 21.6. The fourth-order valence-corrected chi connectivity index (χ4v) is 3.41. The molecule has 30 heavy (non-hydrogen) atoms. The zero-order valence-electron chi connectivity index (χ0n) is 18.1. The van der Waals surface area contributed by atoms with Crippen LogP contribution in [0.25, 0.3) is 0 Å². The minimum atomic E-state index is 0.183. The molecule has 0 aromatic heterocycles. The van der Waals surface area contributed by atoms with Gasteiger partial charge < -0.3 is 30.0 Å². The molecule has 7 heteroatoms. The maximum Gasteiger partial charge on any atom is 0.191 e. The average Bonchev–Trinajstić information content (AvgIpc) is 3.10. The number of nitrogens with zero attached hydrogens (tertiary/aromatic N) is 1. The van der Waals surface area contributed by atoms with Crippen molar-refractivity contribution in [2.75, 3.05) is 20.3 Å². The molecule has 162 valence electrons. The van der Waals surface area contributed by atoms with Gasteiger partial charge in [0.05, 0.1) is 20.3 Å². The number of phenolic OH excluding ortho intramolecular Hbond substituents is 1. The Morgan fingerprint density at radius 3 is 2.77 bits per heavy atom. The normalized spacial score (nSPS) is 15.3. The molecular weight excluding hydrogens is 382 g/mol. The third-order valence-electron chi connectivity index (χ3n) is 4.86. The number of guanidine groups is 1. The number of methoxy groups -OCH3 is 1. The summed E-state index contributed by atoms with van der Waals surface area (Å²) in [6, 6.07) is 9.26. The van der Waals surface area contributed by atoms with Gasteiger partial charge in [0.25, 0.3) is 0 Å². The van der Waals surface area contributed by atoms with Gasteiger partial charge in [0.1, 0.15) is 29.1 Å². The highest BCUT2D eigenvalue weighted by Gasteiger charge is 2.21. The number of phenols is 1. The van der Waals surface area contributed by atoms with Crippen LogP contribution in [0.5, 0.6) is 23.0 Å². The van der Waals surface area contributed by atoms with Gasteiger partial charge in [-0.25, -0.2) is 4.99 Å². The van der Waals surface area contributed by atoms with E-state index in [4.69, 9.17) is 19.2 Å². The van der Waals surface area contributed by atoms with Gasteiger partial charge in [-0.3, -0.25) is 0 Å². The van der Waals surface area contributed by atoms with Crippen LogP contribution in [0.3, 0.4) is 0 Å². The van der Waals surface area contributed by atoms with E-state index in [2.05, 4.69) is 23.6 Å². The molecule has 0 saturated carbocycles. The van der Waals surface area contributed by atoms with Gasteiger partial charge in [-0.15, -0.1) is 0 Å². The maximum atomic E-state index is 10.1. The lowest BCUT2D eigenvalue weighted by molar-refractivity contribution is 0.254. The monoisotopic (exact) mass is 413 g/mol. The molecule has 0 fully saturated rings. The lowest BCUT2D eigenvalue weighted by Gasteiger charge is -2.14. The van der Waals surface area contributed by atoms with Gasteiger partial charge in [0.15, 0.2) is 5.96 Å². The Morgan fingerprint density at radius 2 is 2.03 bits per heavy atom. The van der Waals surface area contributed by atoms with Crippen LogP contribution in [0.4, 0.5) is 0 Å².